The lowest BCUT2D eigenvalue weighted by molar-refractivity contribution is 0.612. The molecule has 1 heterocycles. The van der Waals surface area contributed by atoms with Crippen LogP contribution in [0.3, 0.4) is 0 Å². The number of rotatable bonds is 6. The van der Waals surface area contributed by atoms with Crippen LogP contribution < -0.4 is 5.43 Å². The average Bonchev–Trinajstić information content (AvgIpc) is 2.67. The highest BCUT2D eigenvalue weighted by molar-refractivity contribution is 5.80. The molecule has 138 valence electrons. The van der Waals surface area contributed by atoms with Crippen molar-refractivity contribution in [1.29, 1.82) is 0 Å². The Morgan fingerprint density at radius 1 is 0.926 bits per heavy atom. The van der Waals surface area contributed by atoms with Gasteiger partial charge in [0, 0.05) is 11.1 Å². The Kier molecular flexibility index (Phi) is 6.08. The van der Waals surface area contributed by atoms with E-state index in [1.165, 1.54) is 11.1 Å². The molecule has 0 aliphatic carbocycles. The normalized spacial score (nSPS) is 11.6. The summed E-state index contributed by atoms with van der Waals surface area (Å²) in [5, 5.41) is 0.641. The second kappa shape index (κ2) is 8.68. The van der Waals surface area contributed by atoms with Crippen LogP contribution in [-0.4, -0.2) is 0 Å². The summed E-state index contributed by atoms with van der Waals surface area (Å²) in [6.07, 6.45) is 7.02. The standard InChI is InChI=1S/C25H26O2/c1-18(2)10-9-11-19(3)16-17-22-24(26)21-14-7-8-15-23(21)27-25(22)20-12-5-4-6-13-20/h4-8,10,12-16H,9,11,17H2,1-3H3/b19-16+. The van der Waals surface area contributed by atoms with Crippen LogP contribution >= 0.6 is 0 Å². The quantitative estimate of drug-likeness (QED) is 0.459. The number of hydrogen-bond acceptors (Lipinski definition) is 2. The van der Waals surface area contributed by atoms with Gasteiger partial charge in [0.25, 0.3) is 0 Å². The number of allylic oxidation sites excluding steroid dienone is 4. The fourth-order valence-corrected chi connectivity index (χ4v) is 3.16. The van der Waals surface area contributed by atoms with Gasteiger partial charge in [-0.1, -0.05) is 65.8 Å². The van der Waals surface area contributed by atoms with E-state index in [2.05, 4.69) is 32.9 Å². The van der Waals surface area contributed by atoms with Crippen molar-refractivity contribution in [2.75, 3.05) is 0 Å². The second-order valence-corrected chi connectivity index (χ2v) is 7.18. The van der Waals surface area contributed by atoms with Crippen LogP contribution in [-0.2, 0) is 6.42 Å². The van der Waals surface area contributed by atoms with Crippen molar-refractivity contribution in [3.63, 3.8) is 0 Å². The Morgan fingerprint density at radius 3 is 2.37 bits per heavy atom. The second-order valence-electron chi connectivity index (χ2n) is 7.18. The molecule has 0 radical (unpaired) electrons. The van der Waals surface area contributed by atoms with Crippen LogP contribution in [0.25, 0.3) is 22.3 Å². The van der Waals surface area contributed by atoms with Gasteiger partial charge in [-0.3, -0.25) is 4.79 Å². The molecule has 0 saturated heterocycles. The van der Waals surface area contributed by atoms with Gasteiger partial charge in [0.2, 0.25) is 0 Å². The van der Waals surface area contributed by atoms with Crippen molar-refractivity contribution in [3.8, 4) is 11.3 Å². The van der Waals surface area contributed by atoms with E-state index in [-0.39, 0.29) is 5.43 Å². The van der Waals surface area contributed by atoms with Gasteiger partial charge in [-0.15, -0.1) is 0 Å². The summed E-state index contributed by atoms with van der Waals surface area (Å²) in [5.41, 5.74) is 4.98. The first-order valence-corrected chi connectivity index (χ1v) is 9.45. The van der Waals surface area contributed by atoms with Crippen molar-refractivity contribution < 1.29 is 4.42 Å². The predicted molar refractivity (Wildman–Crippen MR) is 114 cm³/mol. The van der Waals surface area contributed by atoms with E-state index < -0.39 is 0 Å². The van der Waals surface area contributed by atoms with Gasteiger partial charge in [0.05, 0.1) is 5.39 Å². The van der Waals surface area contributed by atoms with E-state index in [0.29, 0.717) is 23.2 Å². The van der Waals surface area contributed by atoms with E-state index in [1.54, 1.807) is 0 Å². The Hall–Kier alpha value is -2.87. The third kappa shape index (κ3) is 4.65. The molecule has 0 saturated carbocycles. The van der Waals surface area contributed by atoms with Gasteiger partial charge in [0.15, 0.2) is 5.43 Å². The molecule has 0 aliphatic heterocycles. The highest BCUT2D eigenvalue weighted by Gasteiger charge is 2.14. The van der Waals surface area contributed by atoms with Crippen molar-refractivity contribution in [2.45, 2.75) is 40.0 Å². The number of benzene rings is 2. The lowest BCUT2D eigenvalue weighted by atomic mass is 10.0. The van der Waals surface area contributed by atoms with Gasteiger partial charge in [-0.2, -0.15) is 0 Å². The molecule has 3 aromatic rings. The number of fused-ring (bicyclic) bond motifs is 1. The smallest absolute Gasteiger partial charge is 0.196 e. The molecular weight excluding hydrogens is 332 g/mol. The summed E-state index contributed by atoms with van der Waals surface area (Å²) >= 11 is 0. The molecule has 2 heteroatoms. The Balaban J connectivity index is 2.01. The highest BCUT2D eigenvalue weighted by atomic mass is 16.3. The lowest BCUT2D eigenvalue weighted by Crippen LogP contribution is -2.10. The van der Waals surface area contributed by atoms with Crippen LogP contribution in [0.4, 0.5) is 0 Å². The topological polar surface area (TPSA) is 30.2 Å². The van der Waals surface area contributed by atoms with Gasteiger partial charge in [-0.05, 0) is 52.2 Å². The van der Waals surface area contributed by atoms with E-state index in [1.807, 2.05) is 54.6 Å². The van der Waals surface area contributed by atoms with Crippen molar-refractivity contribution in [1.82, 2.24) is 0 Å². The molecule has 0 amide bonds. The maximum absolute atomic E-state index is 13.1. The molecule has 0 unspecified atom stereocenters. The van der Waals surface area contributed by atoms with Crippen molar-refractivity contribution in [2.24, 2.45) is 0 Å². The van der Waals surface area contributed by atoms with Crippen LogP contribution in [0.2, 0.25) is 0 Å². The molecule has 2 aromatic carbocycles. The molecule has 2 nitrogen and oxygen atoms in total. The monoisotopic (exact) mass is 358 g/mol. The number of para-hydroxylation sites is 1. The van der Waals surface area contributed by atoms with Gasteiger partial charge in [-0.25, -0.2) is 0 Å². The Labute approximate surface area is 160 Å². The van der Waals surface area contributed by atoms with E-state index in [0.717, 1.165) is 24.0 Å². The summed E-state index contributed by atoms with van der Waals surface area (Å²) in [4.78, 5) is 13.1. The lowest BCUT2D eigenvalue weighted by Gasteiger charge is -2.09. The molecule has 1 aromatic heterocycles. The fourth-order valence-electron chi connectivity index (χ4n) is 3.16. The first-order valence-electron chi connectivity index (χ1n) is 9.45. The van der Waals surface area contributed by atoms with Gasteiger partial charge in [0.1, 0.15) is 11.3 Å². The first kappa shape index (κ1) is 18.9. The Bertz CT molecular complexity index is 1030. The molecule has 0 fully saturated rings. The zero-order valence-corrected chi connectivity index (χ0v) is 16.3. The maximum Gasteiger partial charge on any atom is 0.196 e. The SMILES string of the molecule is CC(C)=CCC/C(C)=C/Cc1c(-c2ccccc2)oc2ccccc2c1=O. The largest absolute Gasteiger partial charge is 0.456 e. The average molecular weight is 358 g/mol. The zero-order valence-electron chi connectivity index (χ0n) is 16.3. The molecule has 27 heavy (non-hydrogen) atoms. The molecule has 0 atom stereocenters. The van der Waals surface area contributed by atoms with Gasteiger partial charge >= 0.3 is 0 Å². The molecular formula is C25H26O2. The van der Waals surface area contributed by atoms with Crippen LogP contribution in [0, 0.1) is 0 Å². The van der Waals surface area contributed by atoms with E-state index in [4.69, 9.17) is 4.42 Å². The molecule has 0 aliphatic rings. The van der Waals surface area contributed by atoms with Crippen molar-refractivity contribution in [3.05, 3.63) is 93.7 Å². The zero-order chi connectivity index (χ0) is 19.2. The molecule has 3 rings (SSSR count). The van der Waals surface area contributed by atoms with Crippen LogP contribution in [0.5, 0.6) is 0 Å². The molecule has 0 N–H and O–H groups in total. The van der Waals surface area contributed by atoms with E-state index >= 15 is 0 Å². The van der Waals surface area contributed by atoms with Crippen LogP contribution in [0.1, 0.15) is 39.2 Å². The van der Waals surface area contributed by atoms with Crippen molar-refractivity contribution >= 4 is 11.0 Å². The minimum absolute atomic E-state index is 0.0593. The summed E-state index contributed by atoms with van der Waals surface area (Å²) in [6.45, 7) is 6.36. The molecule has 0 spiro atoms. The Morgan fingerprint density at radius 2 is 1.63 bits per heavy atom. The minimum Gasteiger partial charge on any atom is -0.456 e. The van der Waals surface area contributed by atoms with E-state index in [9.17, 15) is 4.79 Å². The maximum atomic E-state index is 13.1. The summed E-state index contributed by atoms with van der Waals surface area (Å²) in [7, 11) is 0. The third-order valence-electron chi connectivity index (χ3n) is 4.67. The fraction of sp³-hybridized carbons (Fsp3) is 0.240. The minimum atomic E-state index is 0.0593. The summed E-state index contributed by atoms with van der Waals surface area (Å²) < 4.78 is 6.17. The first-order chi connectivity index (χ1) is 13.1. The number of hydrogen-bond donors (Lipinski definition) is 0. The predicted octanol–water partition coefficient (Wildman–Crippen LogP) is 6.70. The highest BCUT2D eigenvalue weighted by Crippen LogP contribution is 2.26. The van der Waals surface area contributed by atoms with Gasteiger partial charge < -0.3 is 4.42 Å². The summed E-state index contributed by atoms with van der Waals surface area (Å²) in [6, 6.07) is 17.3. The third-order valence-corrected chi connectivity index (χ3v) is 4.67. The molecule has 0 bridgehead atoms. The summed E-state index contributed by atoms with van der Waals surface area (Å²) in [5.74, 6) is 0.674. The van der Waals surface area contributed by atoms with Crippen LogP contribution in [0.15, 0.2) is 87.1 Å².